The van der Waals surface area contributed by atoms with E-state index in [1.165, 1.54) is 30.3 Å². The van der Waals surface area contributed by atoms with Crippen molar-refractivity contribution in [1.82, 2.24) is 9.88 Å². The zero-order valence-electron chi connectivity index (χ0n) is 16.2. The molecule has 1 aliphatic heterocycles. The number of nitrogens with zero attached hydrogens (tertiary/aromatic N) is 2. The summed E-state index contributed by atoms with van der Waals surface area (Å²) in [4.78, 5) is 29.7. The van der Waals surface area contributed by atoms with Crippen molar-refractivity contribution >= 4 is 34.6 Å². The highest BCUT2D eigenvalue weighted by atomic mass is 19.1. The lowest BCUT2D eigenvalue weighted by atomic mass is 10.0. The number of hydrogen-bond donors (Lipinski definition) is 1. The average Bonchev–Trinajstić information content (AvgIpc) is 3.18. The number of benzene rings is 2. The molecule has 0 spiro atoms. The Morgan fingerprint density at radius 2 is 1.87 bits per heavy atom. The van der Waals surface area contributed by atoms with Crippen molar-refractivity contribution in [2.24, 2.45) is 12.2 Å². The third-order valence-electron chi connectivity index (χ3n) is 4.95. The second-order valence-corrected chi connectivity index (χ2v) is 6.91. The zero-order valence-corrected chi connectivity index (χ0v) is 16.2. The molecule has 0 saturated heterocycles. The Morgan fingerprint density at radius 3 is 2.53 bits per heavy atom. The Kier molecular flexibility index (Phi) is 4.91. The van der Waals surface area contributed by atoms with Crippen LogP contribution in [0.5, 0.6) is 0 Å². The number of rotatable bonds is 4. The van der Waals surface area contributed by atoms with Gasteiger partial charge in [-0.05, 0) is 48.9 Å². The van der Waals surface area contributed by atoms with Crippen molar-refractivity contribution in [2.75, 3.05) is 0 Å². The van der Waals surface area contributed by atoms with Crippen LogP contribution in [0.4, 0.5) is 8.78 Å². The predicted octanol–water partition coefficient (Wildman–Crippen LogP) is 3.70. The molecule has 2 aromatic carbocycles. The Morgan fingerprint density at radius 1 is 1.17 bits per heavy atom. The number of carbonyl (C=O) groups is 2. The highest BCUT2D eigenvalue weighted by Gasteiger charge is 2.26. The fourth-order valence-electron chi connectivity index (χ4n) is 3.40. The standard InChI is InChI=1S/C22H17F2N3O3/c1-12-16(22(29)30-26-12)10-18-17-9-15(24)7-8-19(17)27(2)20(18)21(28)25-11-13-3-5-14(23)6-4-13/h3-10H,11H2,1-2H3,(H,25,28)/b16-10+. The van der Waals surface area contributed by atoms with E-state index in [0.717, 1.165) is 5.56 Å². The van der Waals surface area contributed by atoms with E-state index in [2.05, 4.69) is 15.3 Å². The Labute approximate surface area is 170 Å². The van der Waals surface area contributed by atoms with Gasteiger partial charge in [0.15, 0.2) is 0 Å². The minimum Gasteiger partial charge on any atom is -0.347 e. The van der Waals surface area contributed by atoms with Crippen molar-refractivity contribution in [1.29, 1.82) is 0 Å². The van der Waals surface area contributed by atoms with Crippen LogP contribution in [0.25, 0.3) is 17.0 Å². The summed E-state index contributed by atoms with van der Waals surface area (Å²) >= 11 is 0. The summed E-state index contributed by atoms with van der Waals surface area (Å²) in [5.74, 6) is -1.90. The molecule has 1 amide bonds. The first kappa shape index (κ1) is 19.5. The Bertz CT molecular complexity index is 1240. The summed E-state index contributed by atoms with van der Waals surface area (Å²) in [6, 6.07) is 9.95. The average molecular weight is 409 g/mol. The van der Waals surface area contributed by atoms with E-state index in [-0.39, 0.29) is 23.6 Å². The molecule has 0 bridgehead atoms. The SMILES string of the molecule is CC1=NOC(=O)/C1=C/c1c(C(=O)NCc2ccc(F)cc2)n(C)c2ccc(F)cc12. The third kappa shape index (κ3) is 3.47. The lowest BCUT2D eigenvalue weighted by Crippen LogP contribution is -2.25. The van der Waals surface area contributed by atoms with E-state index in [0.29, 0.717) is 22.2 Å². The monoisotopic (exact) mass is 409 g/mol. The molecule has 3 aromatic rings. The van der Waals surface area contributed by atoms with E-state index < -0.39 is 17.7 Å². The van der Waals surface area contributed by atoms with Crippen molar-refractivity contribution in [2.45, 2.75) is 13.5 Å². The van der Waals surface area contributed by atoms with Crippen molar-refractivity contribution in [3.63, 3.8) is 0 Å². The van der Waals surface area contributed by atoms with Gasteiger partial charge in [-0.3, -0.25) is 4.79 Å². The normalized spacial score (nSPS) is 14.9. The highest BCUT2D eigenvalue weighted by molar-refractivity contribution is 6.25. The number of hydrogen-bond acceptors (Lipinski definition) is 4. The lowest BCUT2D eigenvalue weighted by molar-refractivity contribution is -0.136. The van der Waals surface area contributed by atoms with E-state index in [1.54, 1.807) is 36.7 Å². The summed E-state index contributed by atoms with van der Waals surface area (Å²) in [7, 11) is 1.68. The molecule has 0 saturated carbocycles. The van der Waals surface area contributed by atoms with Gasteiger partial charge in [-0.2, -0.15) is 0 Å². The van der Waals surface area contributed by atoms with Crippen LogP contribution in [-0.4, -0.2) is 22.2 Å². The number of fused-ring (bicyclic) bond motifs is 1. The molecule has 1 aliphatic rings. The molecule has 1 N–H and O–H groups in total. The number of nitrogens with one attached hydrogen (secondary N) is 1. The number of amides is 1. The molecule has 1 aromatic heterocycles. The molecule has 152 valence electrons. The van der Waals surface area contributed by atoms with E-state index in [4.69, 9.17) is 0 Å². The van der Waals surface area contributed by atoms with Crippen LogP contribution in [0.3, 0.4) is 0 Å². The summed E-state index contributed by atoms with van der Waals surface area (Å²) in [6.45, 7) is 1.78. The molecule has 0 atom stereocenters. The first-order valence-corrected chi connectivity index (χ1v) is 9.13. The zero-order chi connectivity index (χ0) is 21.4. The number of aryl methyl sites for hydroxylation is 1. The molecule has 6 nitrogen and oxygen atoms in total. The van der Waals surface area contributed by atoms with Gasteiger partial charge in [0.05, 0.1) is 11.3 Å². The summed E-state index contributed by atoms with van der Waals surface area (Å²) < 4.78 is 28.7. The fraction of sp³-hybridized carbons (Fsp3) is 0.136. The Balaban J connectivity index is 1.78. The van der Waals surface area contributed by atoms with Crippen LogP contribution in [0.1, 0.15) is 28.5 Å². The lowest BCUT2D eigenvalue weighted by Gasteiger charge is -2.08. The molecule has 4 rings (SSSR count). The van der Waals surface area contributed by atoms with Gasteiger partial charge in [-0.1, -0.05) is 17.3 Å². The number of aromatic nitrogens is 1. The highest BCUT2D eigenvalue weighted by Crippen LogP contribution is 2.30. The Hall–Kier alpha value is -3.81. The number of carbonyl (C=O) groups excluding carboxylic acids is 2. The van der Waals surface area contributed by atoms with Crippen LogP contribution in [-0.2, 0) is 23.2 Å². The first-order valence-electron chi connectivity index (χ1n) is 9.13. The molecule has 0 unspecified atom stereocenters. The molecular weight excluding hydrogens is 392 g/mol. The van der Waals surface area contributed by atoms with E-state index >= 15 is 0 Å². The second-order valence-electron chi connectivity index (χ2n) is 6.91. The van der Waals surface area contributed by atoms with Crippen molar-refractivity contribution in [3.8, 4) is 0 Å². The van der Waals surface area contributed by atoms with Crippen LogP contribution in [0.2, 0.25) is 0 Å². The van der Waals surface area contributed by atoms with Crippen LogP contribution in [0.15, 0.2) is 53.2 Å². The summed E-state index contributed by atoms with van der Waals surface area (Å²) in [5, 5.41) is 6.91. The number of halogens is 2. The first-order chi connectivity index (χ1) is 14.3. The minimum absolute atomic E-state index is 0.174. The maximum atomic E-state index is 14.0. The topological polar surface area (TPSA) is 72.7 Å². The molecule has 30 heavy (non-hydrogen) atoms. The van der Waals surface area contributed by atoms with Gasteiger partial charge in [0.2, 0.25) is 0 Å². The van der Waals surface area contributed by atoms with Gasteiger partial charge in [-0.15, -0.1) is 0 Å². The van der Waals surface area contributed by atoms with Crippen molar-refractivity contribution < 1.29 is 23.2 Å². The molecular formula is C22H17F2N3O3. The van der Waals surface area contributed by atoms with Crippen LogP contribution < -0.4 is 5.32 Å². The fourth-order valence-corrected chi connectivity index (χ4v) is 3.40. The molecule has 0 fully saturated rings. The molecule has 0 radical (unpaired) electrons. The quantitative estimate of drug-likeness (QED) is 0.528. The van der Waals surface area contributed by atoms with E-state index in [9.17, 15) is 18.4 Å². The summed E-state index contributed by atoms with van der Waals surface area (Å²) in [5.41, 5.74) is 2.53. The molecule has 8 heteroatoms. The smallest absolute Gasteiger partial charge is 0.347 e. The van der Waals surface area contributed by atoms with Gasteiger partial charge >= 0.3 is 5.97 Å². The van der Waals surface area contributed by atoms with Gasteiger partial charge < -0.3 is 14.7 Å². The summed E-state index contributed by atoms with van der Waals surface area (Å²) in [6.07, 6.45) is 1.49. The maximum Gasteiger partial charge on any atom is 0.367 e. The molecule has 0 aliphatic carbocycles. The van der Waals surface area contributed by atoms with Crippen LogP contribution in [0, 0.1) is 11.6 Å². The van der Waals surface area contributed by atoms with Crippen LogP contribution >= 0.6 is 0 Å². The van der Waals surface area contributed by atoms with Gasteiger partial charge in [0.25, 0.3) is 5.91 Å². The maximum absolute atomic E-state index is 14.0. The van der Waals surface area contributed by atoms with E-state index in [1.807, 2.05) is 0 Å². The van der Waals surface area contributed by atoms with Gasteiger partial charge in [0, 0.05) is 30.1 Å². The minimum atomic E-state index is -0.640. The third-order valence-corrected chi connectivity index (χ3v) is 4.95. The number of oxime groups is 1. The largest absolute Gasteiger partial charge is 0.367 e. The molecule has 2 heterocycles. The second kappa shape index (κ2) is 7.55. The van der Waals surface area contributed by atoms with Gasteiger partial charge in [-0.25, -0.2) is 13.6 Å². The predicted molar refractivity (Wildman–Crippen MR) is 108 cm³/mol. The van der Waals surface area contributed by atoms with Crippen molar-refractivity contribution in [3.05, 3.63) is 76.5 Å². The van der Waals surface area contributed by atoms with Gasteiger partial charge in [0.1, 0.15) is 17.3 Å².